The predicted octanol–water partition coefficient (Wildman–Crippen LogP) is 5.02. The van der Waals surface area contributed by atoms with Crippen molar-refractivity contribution in [1.82, 2.24) is 5.32 Å². The van der Waals surface area contributed by atoms with Crippen molar-refractivity contribution in [3.05, 3.63) is 20.3 Å². The van der Waals surface area contributed by atoms with Gasteiger partial charge >= 0.3 is 0 Å². The lowest BCUT2D eigenvalue weighted by atomic mass is 10.0. The second-order valence-electron chi connectivity index (χ2n) is 5.65. The molecule has 0 fully saturated rings. The lowest BCUT2D eigenvalue weighted by Crippen LogP contribution is -2.22. The second-order valence-corrected chi connectivity index (χ2v) is 7.84. The Balaban J connectivity index is 2.15. The van der Waals surface area contributed by atoms with Gasteiger partial charge in [-0.15, -0.1) is 11.3 Å². The fourth-order valence-electron chi connectivity index (χ4n) is 1.91. The number of rotatable bonds is 8. The van der Waals surface area contributed by atoms with Gasteiger partial charge in [-0.05, 0) is 73.1 Å². The third-order valence-electron chi connectivity index (χ3n) is 3.16. The summed E-state index contributed by atoms with van der Waals surface area (Å²) in [6.07, 6.45) is 3.82. The first kappa shape index (κ1) is 16.2. The second kappa shape index (κ2) is 8.34. The van der Waals surface area contributed by atoms with Crippen LogP contribution in [0.2, 0.25) is 0 Å². The Hall–Kier alpha value is 0.140. The van der Waals surface area contributed by atoms with Gasteiger partial charge in [-0.3, -0.25) is 0 Å². The van der Waals surface area contributed by atoms with Crippen molar-refractivity contribution >= 4 is 27.3 Å². The van der Waals surface area contributed by atoms with Crippen molar-refractivity contribution in [2.24, 2.45) is 11.8 Å². The van der Waals surface area contributed by atoms with Crippen LogP contribution in [0.15, 0.2) is 10.5 Å². The van der Waals surface area contributed by atoms with Crippen molar-refractivity contribution in [1.29, 1.82) is 0 Å². The summed E-state index contributed by atoms with van der Waals surface area (Å²) in [5.41, 5.74) is 0. The summed E-state index contributed by atoms with van der Waals surface area (Å²) in [7, 11) is 0. The fourth-order valence-corrected chi connectivity index (χ4v) is 3.53. The fraction of sp³-hybridized carbons (Fsp3) is 0.733. The van der Waals surface area contributed by atoms with E-state index in [1.165, 1.54) is 33.5 Å². The summed E-state index contributed by atoms with van der Waals surface area (Å²) in [6, 6.07) is 2.28. The SMILES string of the molecule is Cc1sc(CCC(C)CCNCC(C)C)cc1Br. The van der Waals surface area contributed by atoms with E-state index in [9.17, 15) is 0 Å². The van der Waals surface area contributed by atoms with Crippen molar-refractivity contribution in [2.45, 2.75) is 47.0 Å². The van der Waals surface area contributed by atoms with E-state index in [1.54, 1.807) is 0 Å². The van der Waals surface area contributed by atoms with Gasteiger partial charge in [0.05, 0.1) is 0 Å². The molecule has 0 saturated carbocycles. The molecule has 0 amide bonds. The van der Waals surface area contributed by atoms with E-state index in [0.29, 0.717) is 0 Å². The minimum absolute atomic E-state index is 0.756. The summed E-state index contributed by atoms with van der Waals surface area (Å²) in [5, 5.41) is 3.52. The van der Waals surface area contributed by atoms with E-state index in [1.807, 2.05) is 11.3 Å². The first-order valence-electron chi connectivity index (χ1n) is 6.94. The van der Waals surface area contributed by atoms with Crippen LogP contribution < -0.4 is 5.32 Å². The topological polar surface area (TPSA) is 12.0 Å². The van der Waals surface area contributed by atoms with Crippen molar-refractivity contribution in [2.75, 3.05) is 13.1 Å². The highest BCUT2D eigenvalue weighted by atomic mass is 79.9. The molecule has 3 heteroatoms. The molecule has 18 heavy (non-hydrogen) atoms. The number of hydrogen-bond acceptors (Lipinski definition) is 2. The normalized spacial score (nSPS) is 13.2. The van der Waals surface area contributed by atoms with Gasteiger partial charge in [0, 0.05) is 14.2 Å². The van der Waals surface area contributed by atoms with Gasteiger partial charge in [0.2, 0.25) is 0 Å². The van der Waals surface area contributed by atoms with E-state index in [-0.39, 0.29) is 0 Å². The van der Waals surface area contributed by atoms with Crippen LogP contribution in [0.4, 0.5) is 0 Å². The molecule has 1 rings (SSSR count). The van der Waals surface area contributed by atoms with Gasteiger partial charge in [-0.25, -0.2) is 0 Å². The van der Waals surface area contributed by atoms with E-state index in [2.05, 4.69) is 55.0 Å². The predicted molar refractivity (Wildman–Crippen MR) is 86.6 cm³/mol. The maximum Gasteiger partial charge on any atom is 0.0314 e. The van der Waals surface area contributed by atoms with E-state index < -0.39 is 0 Å². The largest absolute Gasteiger partial charge is 0.316 e. The quantitative estimate of drug-likeness (QED) is 0.659. The Morgan fingerprint density at radius 3 is 2.56 bits per heavy atom. The van der Waals surface area contributed by atoms with Crippen LogP contribution in [0.25, 0.3) is 0 Å². The van der Waals surface area contributed by atoms with Gasteiger partial charge in [0.25, 0.3) is 0 Å². The van der Waals surface area contributed by atoms with Gasteiger partial charge in [-0.1, -0.05) is 20.8 Å². The maximum absolute atomic E-state index is 3.59. The van der Waals surface area contributed by atoms with E-state index in [0.717, 1.165) is 24.9 Å². The van der Waals surface area contributed by atoms with Gasteiger partial charge in [0.1, 0.15) is 0 Å². The first-order valence-corrected chi connectivity index (χ1v) is 8.55. The maximum atomic E-state index is 3.59. The van der Waals surface area contributed by atoms with Gasteiger partial charge in [0.15, 0.2) is 0 Å². The molecule has 0 bridgehead atoms. The first-order chi connectivity index (χ1) is 8.49. The summed E-state index contributed by atoms with van der Waals surface area (Å²) in [5.74, 6) is 1.57. The standard InChI is InChI=1S/C15H26BrNS/c1-11(2)10-17-8-7-12(3)5-6-14-9-15(16)13(4)18-14/h9,11-12,17H,5-8,10H2,1-4H3. The molecule has 1 nitrogen and oxygen atoms in total. The Morgan fingerprint density at radius 2 is 2.00 bits per heavy atom. The molecule has 0 aliphatic rings. The Kier molecular flexibility index (Phi) is 7.50. The zero-order valence-electron chi connectivity index (χ0n) is 12.1. The monoisotopic (exact) mass is 331 g/mol. The summed E-state index contributed by atoms with van der Waals surface area (Å²) < 4.78 is 1.27. The molecule has 104 valence electrons. The highest BCUT2D eigenvalue weighted by Crippen LogP contribution is 2.28. The average molecular weight is 332 g/mol. The molecule has 0 aromatic carbocycles. The van der Waals surface area contributed by atoms with Crippen LogP contribution in [0.1, 0.15) is 43.4 Å². The number of aryl methyl sites for hydroxylation is 2. The molecule has 0 aliphatic heterocycles. The molecular formula is C15H26BrNS. The Labute approximate surface area is 125 Å². The van der Waals surface area contributed by atoms with Crippen LogP contribution in [0.5, 0.6) is 0 Å². The van der Waals surface area contributed by atoms with Crippen molar-refractivity contribution < 1.29 is 0 Å². The molecule has 1 atom stereocenters. The highest BCUT2D eigenvalue weighted by molar-refractivity contribution is 9.10. The third-order valence-corrected chi connectivity index (χ3v) is 5.35. The third kappa shape index (κ3) is 6.35. The molecule has 1 heterocycles. The highest BCUT2D eigenvalue weighted by Gasteiger charge is 2.06. The molecule has 1 unspecified atom stereocenters. The smallest absolute Gasteiger partial charge is 0.0314 e. The van der Waals surface area contributed by atoms with E-state index in [4.69, 9.17) is 0 Å². The molecule has 1 N–H and O–H groups in total. The average Bonchev–Trinajstić information content (AvgIpc) is 2.61. The Bertz CT molecular complexity index is 327. The molecule has 0 aliphatic carbocycles. The number of nitrogens with one attached hydrogen (secondary N) is 1. The van der Waals surface area contributed by atoms with Crippen LogP contribution in [0, 0.1) is 18.8 Å². The van der Waals surface area contributed by atoms with Crippen molar-refractivity contribution in [3.63, 3.8) is 0 Å². The zero-order chi connectivity index (χ0) is 13.5. The van der Waals surface area contributed by atoms with Crippen LogP contribution >= 0.6 is 27.3 Å². The zero-order valence-corrected chi connectivity index (χ0v) is 14.5. The van der Waals surface area contributed by atoms with Crippen LogP contribution in [0.3, 0.4) is 0 Å². The minimum atomic E-state index is 0.756. The van der Waals surface area contributed by atoms with E-state index >= 15 is 0 Å². The molecule has 0 saturated heterocycles. The summed E-state index contributed by atoms with van der Waals surface area (Å²) >= 11 is 5.51. The van der Waals surface area contributed by atoms with Crippen LogP contribution in [-0.4, -0.2) is 13.1 Å². The molecule has 0 spiro atoms. The van der Waals surface area contributed by atoms with Gasteiger partial charge < -0.3 is 5.32 Å². The summed E-state index contributed by atoms with van der Waals surface area (Å²) in [6.45, 7) is 11.4. The number of thiophene rings is 1. The molecule has 0 radical (unpaired) electrons. The molecule has 1 aromatic rings. The van der Waals surface area contributed by atoms with Crippen LogP contribution in [-0.2, 0) is 6.42 Å². The van der Waals surface area contributed by atoms with Crippen molar-refractivity contribution in [3.8, 4) is 0 Å². The summed E-state index contributed by atoms with van der Waals surface area (Å²) in [4.78, 5) is 2.91. The Morgan fingerprint density at radius 1 is 1.28 bits per heavy atom. The lowest BCUT2D eigenvalue weighted by molar-refractivity contribution is 0.455. The minimum Gasteiger partial charge on any atom is -0.316 e. The number of hydrogen-bond donors (Lipinski definition) is 1. The lowest BCUT2D eigenvalue weighted by Gasteiger charge is -2.12. The molecule has 1 aromatic heterocycles. The molecular weight excluding hydrogens is 306 g/mol. The number of halogens is 1. The van der Waals surface area contributed by atoms with Gasteiger partial charge in [-0.2, -0.15) is 0 Å².